The maximum Gasteiger partial charge on any atom is 0.354 e. The molecule has 1 N–H and O–H groups in total. The van der Waals surface area contributed by atoms with Crippen molar-refractivity contribution in [3.63, 3.8) is 0 Å². The number of carboxylic acid groups (broad SMARTS) is 1. The first kappa shape index (κ1) is 10.1. The van der Waals surface area contributed by atoms with Crippen LogP contribution in [0.5, 0.6) is 0 Å². The minimum Gasteiger partial charge on any atom is -0.477 e. The van der Waals surface area contributed by atoms with Crippen LogP contribution in [0.1, 0.15) is 21.6 Å². The quantitative estimate of drug-likeness (QED) is 0.577. The molecule has 0 radical (unpaired) electrons. The summed E-state index contributed by atoms with van der Waals surface area (Å²) < 4.78 is 0. The largest absolute Gasteiger partial charge is 0.477 e. The summed E-state index contributed by atoms with van der Waals surface area (Å²) in [4.78, 5) is 24.4. The molecule has 1 rings (SSSR count). The second kappa shape index (κ2) is 4.32. The molecule has 14 heavy (non-hydrogen) atoms. The number of nitrogens with zero attached hydrogens (tertiary/aromatic N) is 1. The molecule has 0 aliphatic carbocycles. The zero-order valence-corrected chi connectivity index (χ0v) is 7.60. The third-order valence-corrected chi connectivity index (χ3v) is 1.67. The van der Waals surface area contributed by atoms with Gasteiger partial charge in [0, 0.05) is 6.20 Å². The number of rotatable bonds is 3. The lowest BCUT2D eigenvalue weighted by Crippen LogP contribution is -2.03. The van der Waals surface area contributed by atoms with Crippen molar-refractivity contribution in [1.82, 2.24) is 4.98 Å². The van der Waals surface area contributed by atoms with Crippen molar-refractivity contribution in [2.24, 2.45) is 0 Å². The number of carbonyl (C=O) groups is 2. The van der Waals surface area contributed by atoms with Gasteiger partial charge in [-0.1, -0.05) is 6.08 Å². The van der Waals surface area contributed by atoms with Crippen LogP contribution in [-0.2, 0) is 4.79 Å². The average Bonchev–Trinajstić information content (AvgIpc) is 2.14. The van der Waals surface area contributed by atoms with Gasteiger partial charge in [0.25, 0.3) is 0 Å². The predicted octanol–water partition coefficient (Wildman–Crippen LogP) is 1.30. The number of carbonyl (C=O) groups excluding carboxylic acids is 1. The van der Waals surface area contributed by atoms with E-state index in [0.717, 1.165) is 0 Å². The Kier molecular flexibility index (Phi) is 3.12. The minimum atomic E-state index is -1.05. The van der Waals surface area contributed by atoms with Crippen LogP contribution in [0.15, 0.2) is 18.3 Å². The number of hydrogen-bond donors (Lipinski definition) is 1. The molecule has 0 aromatic carbocycles. The Hall–Kier alpha value is -1.97. The summed E-state index contributed by atoms with van der Waals surface area (Å²) >= 11 is 0. The van der Waals surface area contributed by atoms with E-state index >= 15 is 0 Å². The highest BCUT2D eigenvalue weighted by atomic mass is 16.4. The SMILES string of the molecule is Cc1cc(C=CC=O)cnc1C(=O)O. The van der Waals surface area contributed by atoms with E-state index in [0.29, 0.717) is 17.4 Å². The van der Waals surface area contributed by atoms with Crippen LogP contribution in [-0.4, -0.2) is 22.3 Å². The summed E-state index contributed by atoms with van der Waals surface area (Å²) in [7, 11) is 0. The number of carboxylic acids is 1. The van der Waals surface area contributed by atoms with E-state index in [4.69, 9.17) is 5.11 Å². The van der Waals surface area contributed by atoms with Crippen LogP contribution in [0.2, 0.25) is 0 Å². The van der Waals surface area contributed by atoms with Gasteiger partial charge in [-0.2, -0.15) is 0 Å². The first-order valence-electron chi connectivity index (χ1n) is 3.97. The normalized spacial score (nSPS) is 10.4. The monoisotopic (exact) mass is 191 g/mol. The molecule has 72 valence electrons. The molecule has 4 heteroatoms. The molecule has 0 aliphatic rings. The lowest BCUT2D eigenvalue weighted by atomic mass is 10.1. The summed E-state index contributed by atoms with van der Waals surface area (Å²) in [5.74, 6) is -1.05. The Morgan fingerprint density at radius 3 is 2.79 bits per heavy atom. The third-order valence-electron chi connectivity index (χ3n) is 1.67. The average molecular weight is 191 g/mol. The Morgan fingerprint density at radius 2 is 2.29 bits per heavy atom. The lowest BCUT2D eigenvalue weighted by Gasteiger charge is -1.99. The maximum atomic E-state index is 10.6. The molecule has 0 aliphatic heterocycles. The zero-order chi connectivity index (χ0) is 10.6. The van der Waals surface area contributed by atoms with Crippen molar-refractivity contribution < 1.29 is 14.7 Å². The molecule has 0 unspecified atom stereocenters. The Labute approximate surface area is 80.9 Å². The smallest absolute Gasteiger partial charge is 0.354 e. The van der Waals surface area contributed by atoms with Gasteiger partial charge in [-0.15, -0.1) is 0 Å². The van der Waals surface area contributed by atoms with Crippen LogP contribution in [0.4, 0.5) is 0 Å². The fourth-order valence-corrected chi connectivity index (χ4v) is 1.06. The van der Waals surface area contributed by atoms with E-state index in [9.17, 15) is 9.59 Å². The van der Waals surface area contributed by atoms with Crippen molar-refractivity contribution in [3.8, 4) is 0 Å². The van der Waals surface area contributed by atoms with Crippen molar-refractivity contribution in [2.75, 3.05) is 0 Å². The highest BCUT2D eigenvalue weighted by Gasteiger charge is 2.07. The molecule has 1 aromatic heterocycles. The fourth-order valence-electron chi connectivity index (χ4n) is 1.06. The van der Waals surface area contributed by atoms with Gasteiger partial charge in [0.2, 0.25) is 0 Å². The van der Waals surface area contributed by atoms with E-state index in [1.54, 1.807) is 19.1 Å². The number of pyridine rings is 1. The van der Waals surface area contributed by atoms with Gasteiger partial charge < -0.3 is 5.11 Å². The molecular formula is C10H9NO3. The lowest BCUT2D eigenvalue weighted by molar-refractivity contribution is -0.104. The molecule has 0 spiro atoms. The molecule has 0 atom stereocenters. The van der Waals surface area contributed by atoms with Gasteiger partial charge >= 0.3 is 5.97 Å². The Bertz CT molecular complexity index is 396. The van der Waals surface area contributed by atoms with E-state index in [1.807, 2.05) is 0 Å². The van der Waals surface area contributed by atoms with Crippen LogP contribution in [0.25, 0.3) is 6.08 Å². The standard InChI is InChI=1S/C10H9NO3/c1-7-5-8(3-2-4-12)6-11-9(7)10(13)14/h2-6H,1H3,(H,13,14). The molecule has 1 aromatic rings. The molecule has 0 bridgehead atoms. The number of aromatic nitrogens is 1. The van der Waals surface area contributed by atoms with Gasteiger partial charge in [0.05, 0.1) is 0 Å². The van der Waals surface area contributed by atoms with E-state index < -0.39 is 5.97 Å². The second-order valence-electron chi connectivity index (χ2n) is 2.73. The molecule has 0 saturated carbocycles. The zero-order valence-electron chi connectivity index (χ0n) is 7.60. The van der Waals surface area contributed by atoms with Crippen LogP contribution < -0.4 is 0 Å². The van der Waals surface area contributed by atoms with Gasteiger partial charge in [-0.25, -0.2) is 9.78 Å². The Morgan fingerprint density at radius 1 is 1.57 bits per heavy atom. The third kappa shape index (κ3) is 2.26. The topological polar surface area (TPSA) is 67.3 Å². The summed E-state index contributed by atoms with van der Waals surface area (Å²) in [5, 5.41) is 8.70. The molecule has 0 amide bonds. The number of aromatic carboxylic acids is 1. The predicted molar refractivity (Wildman–Crippen MR) is 51.0 cm³/mol. The molecule has 1 heterocycles. The first-order chi connectivity index (χ1) is 6.65. The van der Waals surface area contributed by atoms with E-state index in [1.165, 1.54) is 12.3 Å². The molecule has 0 saturated heterocycles. The minimum absolute atomic E-state index is 0.0354. The molecule has 4 nitrogen and oxygen atoms in total. The first-order valence-corrected chi connectivity index (χ1v) is 3.97. The van der Waals surface area contributed by atoms with Crippen molar-refractivity contribution in [2.45, 2.75) is 6.92 Å². The maximum absolute atomic E-state index is 10.6. The van der Waals surface area contributed by atoms with E-state index in [-0.39, 0.29) is 5.69 Å². The number of aldehydes is 1. The highest BCUT2D eigenvalue weighted by Crippen LogP contribution is 2.08. The Balaban J connectivity index is 3.06. The summed E-state index contributed by atoms with van der Waals surface area (Å²) in [6.07, 6.45) is 4.96. The van der Waals surface area contributed by atoms with Crippen LogP contribution in [0.3, 0.4) is 0 Å². The summed E-state index contributed by atoms with van der Waals surface area (Å²) in [5.41, 5.74) is 1.32. The fraction of sp³-hybridized carbons (Fsp3) is 0.100. The van der Waals surface area contributed by atoms with Crippen LogP contribution in [0, 0.1) is 6.92 Å². The van der Waals surface area contributed by atoms with Crippen molar-refractivity contribution in [3.05, 3.63) is 35.2 Å². The van der Waals surface area contributed by atoms with Gasteiger partial charge in [-0.05, 0) is 30.2 Å². The van der Waals surface area contributed by atoms with Gasteiger partial charge in [-0.3, -0.25) is 4.79 Å². The van der Waals surface area contributed by atoms with Crippen LogP contribution >= 0.6 is 0 Å². The summed E-state index contributed by atoms with van der Waals surface area (Å²) in [6, 6.07) is 1.66. The van der Waals surface area contributed by atoms with E-state index in [2.05, 4.69) is 4.98 Å². The highest BCUT2D eigenvalue weighted by molar-refractivity contribution is 5.87. The van der Waals surface area contributed by atoms with Crippen molar-refractivity contribution >= 4 is 18.3 Å². The number of aryl methyl sites for hydroxylation is 1. The molecule has 0 fully saturated rings. The second-order valence-corrected chi connectivity index (χ2v) is 2.73. The number of allylic oxidation sites excluding steroid dienone is 1. The van der Waals surface area contributed by atoms with Crippen molar-refractivity contribution in [1.29, 1.82) is 0 Å². The molecular weight excluding hydrogens is 182 g/mol. The van der Waals surface area contributed by atoms with Gasteiger partial charge in [0.1, 0.15) is 6.29 Å². The van der Waals surface area contributed by atoms with Gasteiger partial charge in [0.15, 0.2) is 5.69 Å². The summed E-state index contributed by atoms with van der Waals surface area (Å²) in [6.45, 7) is 1.66. The number of hydrogen-bond acceptors (Lipinski definition) is 3.